The summed E-state index contributed by atoms with van der Waals surface area (Å²) in [5, 5.41) is 23.2. The van der Waals surface area contributed by atoms with E-state index in [4.69, 9.17) is 15.7 Å². The lowest BCUT2D eigenvalue weighted by atomic mass is 9.95. The number of benzene rings is 2. The van der Waals surface area contributed by atoms with Gasteiger partial charge in [-0.05, 0) is 42.8 Å². The summed E-state index contributed by atoms with van der Waals surface area (Å²) in [4.78, 5) is 16.7. The molecule has 0 fully saturated rings. The number of nitriles is 2. The Morgan fingerprint density at radius 1 is 1.15 bits per heavy atom. The van der Waals surface area contributed by atoms with E-state index in [-0.39, 0.29) is 17.2 Å². The molecular formula is C22H14F3N7O2. The Hall–Kier alpha value is -4.84. The first kappa shape index (κ1) is 22.4. The molecule has 2 aromatic carbocycles. The number of allylic oxidation sites excluding steroid dienone is 2. The molecule has 1 aromatic heterocycles. The van der Waals surface area contributed by atoms with Gasteiger partial charge >= 0.3 is 18.3 Å². The van der Waals surface area contributed by atoms with Crippen LogP contribution in [0.5, 0.6) is 6.01 Å². The van der Waals surface area contributed by atoms with Crippen LogP contribution in [0.2, 0.25) is 0 Å². The highest BCUT2D eigenvalue weighted by Gasteiger charge is 2.37. The minimum absolute atomic E-state index is 0.00133. The van der Waals surface area contributed by atoms with E-state index < -0.39 is 29.9 Å². The van der Waals surface area contributed by atoms with Crippen LogP contribution in [-0.2, 0) is 6.18 Å². The van der Waals surface area contributed by atoms with Gasteiger partial charge in [0, 0.05) is 11.4 Å². The molecule has 12 heteroatoms. The van der Waals surface area contributed by atoms with Crippen molar-refractivity contribution in [1.29, 1.82) is 10.5 Å². The van der Waals surface area contributed by atoms with Gasteiger partial charge in [0.25, 0.3) is 0 Å². The number of aromatic nitrogens is 3. The van der Waals surface area contributed by atoms with Gasteiger partial charge < -0.3 is 10.5 Å². The van der Waals surface area contributed by atoms with E-state index in [1.54, 1.807) is 31.2 Å². The lowest BCUT2D eigenvalue weighted by molar-refractivity contribution is -0.137. The van der Waals surface area contributed by atoms with E-state index >= 15 is 0 Å². The third-order valence-corrected chi connectivity index (χ3v) is 5.14. The van der Waals surface area contributed by atoms with Gasteiger partial charge in [0.1, 0.15) is 6.04 Å². The molecule has 34 heavy (non-hydrogen) atoms. The number of nitrogens with zero attached hydrogens (tertiary/aromatic N) is 6. The van der Waals surface area contributed by atoms with Crippen molar-refractivity contribution >= 4 is 17.7 Å². The molecule has 1 aliphatic rings. The number of anilines is 2. The van der Waals surface area contributed by atoms with Crippen molar-refractivity contribution in [2.75, 3.05) is 4.90 Å². The SMILES string of the molecule is CC1=C(C#N)[C@@H](c2ccc(C#N)cc2)n2nc(OC(N)=O)nc2N1c1cccc(C(F)(F)F)c1. The van der Waals surface area contributed by atoms with Gasteiger partial charge in [0.2, 0.25) is 5.95 Å². The lowest BCUT2D eigenvalue weighted by Gasteiger charge is -2.34. The van der Waals surface area contributed by atoms with E-state index in [2.05, 4.69) is 16.2 Å². The van der Waals surface area contributed by atoms with Crippen LogP contribution < -0.4 is 15.4 Å². The number of halogens is 3. The summed E-state index contributed by atoms with van der Waals surface area (Å²) in [6.45, 7) is 1.56. The summed E-state index contributed by atoms with van der Waals surface area (Å²) < 4.78 is 46.1. The maximum Gasteiger partial charge on any atom is 0.416 e. The first-order valence-corrected chi connectivity index (χ1v) is 9.66. The molecule has 170 valence electrons. The molecule has 4 rings (SSSR count). The lowest BCUT2D eigenvalue weighted by Crippen LogP contribution is -2.31. The fourth-order valence-corrected chi connectivity index (χ4v) is 3.67. The minimum atomic E-state index is -4.60. The second-order valence-corrected chi connectivity index (χ2v) is 7.19. The molecule has 1 atom stereocenters. The highest BCUT2D eigenvalue weighted by molar-refractivity contribution is 5.70. The summed E-state index contributed by atoms with van der Waals surface area (Å²) >= 11 is 0. The highest BCUT2D eigenvalue weighted by atomic mass is 19.4. The number of primary amides is 1. The van der Waals surface area contributed by atoms with Crippen LogP contribution in [0.25, 0.3) is 0 Å². The first-order valence-electron chi connectivity index (χ1n) is 9.66. The third-order valence-electron chi connectivity index (χ3n) is 5.14. The molecule has 0 unspecified atom stereocenters. The molecule has 1 aliphatic heterocycles. The average Bonchev–Trinajstić information content (AvgIpc) is 3.19. The second kappa shape index (κ2) is 8.26. The first-order chi connectivity index (χ1) is 16.1. The number of rotatable bonds is 3. The van der Waals surface area contributed by atoms with Crippen LogP contribution in [0.3, 0.4) is 0 Å². The molecule has 3 aromatic rings. The van der Waals surface area contributed by atoms with Gasteiger partial charge in [-0.3, -0.25) is 4.90 Å². The predicted octanol–water partition coefficient (Wildman–Crippen LogP) is 4.16. The standard InChI is InChI=1S/C22H14F3N7O2/c1-12-17(11-27)18(14-7-5-13(10-26)6-8-14)32-21(29-20(30-32)34-19(28)33)31(12)16-4-2-3-15(9-16)22(23,24)25/h2-9,18H,1H3,(H2,28,33)/t18-/m1/s1. The van der Waals surface area contributed by atoms with Crippen molar-refractivity contribution in [3.63, 3.8) is 0 Å². The van der Waals surface area contributed by atoms with Crippen LogP contribution in [0, 0.1) is 22.7 Å². The summed E-state index contributed by atoms with van der Waals surface area (Å²) in [7, 11) is 0. The Balaban J connectivity index is 1.95. The largest absolute Gasteiger partial charge is 0.416 e. The molecule has 0 aliphatic carbocycles. The van der Waals surface area contributed by atoms with E-state index in [1.165, 1.54) is 21.7 Å². The molecule has 0 radical (unpaired) electrons. The third kappa shape index (κ3) is 3.89. The van der Waals surface area contributed by atoms with E-state index in [9.17, 15) is 23.2 Å². The molecule has 0 saturated heterocycles. The summed E-state index contributed by atoms with van der Waals surface area (Å²) in [6.07, 6.45) is -5.78. The van der Waals surface area contributed by atoms with Crippen LogP contribution in [0.4, 0.5) is 29.6 Å². The highest BCUT2D eigenvalue weighted by Crippen LogP contribution is 2.43. The number of alkyl halides is 3. The van der Waals surface area contributed by atoms with E-state index in [0.717, 1.165) is 12.1 Å². The molecule has 1 amide bonds. The zero-order chi connectivity index (χ0) is 24.6. The Bertz CT molecular complexity index is 1400. The zero-order valence-corrected chi connectivity index (χ0v) is 17.4. The van der Waals surface area contributed by atoms with Crippen molar-refractivity contribution in [1.82, 2.24) is 14.8 Å². The van der Waals surface area contributed by atoms with Crippen molar-refractivity contribution < 1.29 is 22.7 Å². The number of amides is 1. The van der Waals surface area contributed by atoms with E-state index in [1.807, 2.05) is 6.07 Å². The van der Waals surface area contributed by atoms with Crippen molar-refractivity contribution in [2.24, 2.45) is 5.73 Å². The molecular weight excluding hydrogens is 451 g/mol. The molecule has 0 saturated carbocycles. The van der Waals surface area contributed by atoms with Gasteiger partial charge in [0.15, 0.2) is 0 Å². The number of carbonyl (C=O) groups is 1. The van der Waals surface area contributed by atoms with Crippen LogP contribution >= 0.6 is 0 Å². The molecule has 2 N–H and O–H groups in total. The Labute approximate surface area is 190 Å². The number of ether oxygens (including phenoxy) is 1. The minimum Gasteiger partial charge on any atom is -0.373 e. The Kier molecular flexibility index (Phi) is 5.43. The quantitative estimate of drug-likeness (QED) is 0.614. The smallest absolute Gasteiger partial charge is 0.373 e. The topological polar surface area (TPSA) is 134 Å². The monoisotopic (exact) mass is 465 g/mol. The van der Waals surface area contributed by atoms with Gasteiger partial charge in [0.05, 0.1) is 28.8 Å². The number of hydrogen-bond acceptors (Lipinski definition) is 7. The maximum atomic E-state index is 13.4. The fraction of sp³-hybridized carbons (Fsp3) is 0.136. The summed E-state index contributed by atoms with van der Waals surface area (Å²) in [6, 6.07) is 13.6. The van der Waals surface area contributed by atoms with Gasteiger partial charge in [-0.1, -0.05) is 18.2 Å². The van der Waals surface area contributed by atoms with Crippen molar-refractivity contribution in [2.45, 2.75) is 19.1 Å². The van der Waals surface area contributed by atoms with Crippen LogP contribution in [-0.4, -0.2) is 20.9 Å². The van der Waals surface area contributed by atoms with Gasteiger partial charge in [-0.25, -0.2) is 9.48 Å². The number of nitrogens with two attached hydrogens (primary N) is 1. The molecule has 0 bridgehead atoms. The number of carbonyl (C=O) groups excluding carboxylic acids is 1. The van der Waals surface area contributed by atoms with Crippen LogP contribution in [0.15, 0.2) is 59.8 Å². The Morgan fingerprint density at radius 2 is 1.85 bits per heavy atom. The summed E-state index contributed by atoms with van der Waals surface area (Å²) in [5.74, 6) is 0.00133. The number of fused-ring (bicyclic) bond motifs is 1. The van der Waals surface area contributed by atoms with Crippen LogP contribution in [0.1, 0.15) is 29.7 Å². The van der Waals surface area contributed by atoms with Gasteiger partial charge in [-0.2, -0.15) is 28.7 Å². The summed E-state index contributed by atoms with van der Waals surface area (Å²) in [5.41, 5.74) is 5.63. The predicted molar refractivity (Wildman–Crippen MR) is 111 cm³/mol. The van der Waals surface area contributed by atoms with Crippen molar-refractivity contribution in [3.8, 4) is 18.1 Å². The van der Waals surface area contributed by atoms with E-state index in [0.29, 0.717) is 16.8 Å². The molecule has 0 spiro atoms. The maximum absolute atomic E-state index is 13.4. The van der Waals surface area contributed by atoms with Gasteiger partial charge in [-0.15, -0.1) is 5.10 Å². The van der Waals surface area contributed by atoms with Crippen molar-refractivity contribution in [3.05, 3.63) is 76.5 Å². The fourth-order valence-electron chi connectivity index (χ4n) is 3.67. The zero-order valence-electron chi connectivity index (χ0n) is 17.4. The Morgan fingerprint density at radius 3 is 2.44 bits per heavy atom. The average molecular weight is 465 g/mol. The molecule has 9 nitrogen and oxygen atoms in total. The number of hydrogen-bond donors (Lipinski definition) is 1. The molecule has 2 heterocycles. The second-order valence-electron chi connectivity index (χ2n) is 7.19. The normalized spacial score (nSPS) is 15.4.